The minimum atomic E-state index is -0.162. The number of ketones is 1. The van der Waals surface area contributed by atoms with E-state index in [9.17, 15) is 4.79 Å². The maximum Gasteiger partial charge on any atom is 0.194 e. The second kappa shape index (κ2) is 7.70. The molecule has 0 spiro atoms. The second-order valence-electron chi connectivity index (χ2n) is 5.79. The first-order chi connectivity index (χ1) is 12.4. The molecule has 3 aromatic rings. The van der Waals surface area contributed by atoms with E-state index in [1.807, 2.05) is 25.1 Å². The van der Waals surface area contributed by atoms with Crippen molar-refractivity contribution in [3.8, 4) is 0 Å². The van der Waals surface area contributed by atoms with E-state index in [4.69, 9.17) is 28.9 Å². The summed E-state index contributed by atoms with van der Waals surface area (Å²) in [7, 11) is 0. The summed E-state index contributed by atoms with van der Waals surface area (Å²) in [5.74, 6) is -0.162. The number of carbonyl (C=O) groups is 1. The molecule has 0 saturated carbocycles. The molecule has 0 unspecified atom stereocenters. The zero-order valence-electron chi connectivity index (χ0n) is 13.8. The topological polar surface area (TPSA) is 55.1 Å². The van der Waals surface area contributed by atoms with Gasteiger partial charge in [-0.2, -0.15) is 0 Å². The van der Waals surface area contributed by atoms with Gasteiger partial charge in [-0.05, 0) is 55.0 Å². The molecule has 0 aromatic heterocycles. The van der Waals surface area contributed by atoms with Crippen molar-refractivity contribution in [3.63, 3.8) is 0 Å². The highest BCUT2D eigenvalue weighted by molar-refractivity contribution is 9.10. The SMILES string of the molecule is Cc1c(Cl)cccc1C(=O)c1ccc(Nc2ccc(Br)cc2N)cc1Cl. The Labute approximate surface area is 170 Å². The lowest BCUT2D eigenvalue weighted by Gasteiger charge is -2.12. The number of benzene rings is 3. The minimum Gasteiger partial charge on any atom is -0.397 e. The Kier molecular flexibility index (Phi) is 5.56. The molecule has 3 rings (SSSR count). The monoisotopic (exact) mass is 448 g/mol. The van der Waals surface area contributed by atoms with Crippen LogP contribution < -0.4 is 11.1 Å². The van der Waals surface area contributed by atoms with Crippen LogP contribution in [0.2, 0.25) is 10.0 Å². The highest BCUT2D eigenvalue weighted by atomic mass is 79.9. The molecule has 0 aliphatic heterocycles. The summed E-state index contributed by atoms with van der Waals surface area (Å²) in [6.45, 7) is 1.82. The van der Waals surface area contributed by atoms with Crippen LogP contribution in [0.1, 0.15) is 21.5 Å². The van der Waals surface area contributed by atoms with E-state index < -0.39 is 0 Å². The summed E-state index contributed by atoms with van der Waals surface area (Å²) in [6.07, 6.45) is 0. The molecule has 0 fully saturated rings. The number of nitrogens with two attached hydrogens (primary N) is 1. The van der Waals surface area contributed by atoms with Gasteiger partial charge in [-0.15, -0.1) is 0 Å². The summed E-state index contributed by atoms with van der Waals surface area (Å²) in [5, 5.41) is 4.11. The van der Waals surface area contributed by atoms with Crippen LogP contribution in [0.25, 0.3) is 0 Å². The third-order valence-electron chi connectivity index (χ3n) is 4.02. The van der Waals surface area contributed by atoms with Crippen molar-refractivity contribution in [2.75, 3.05) is 11.1 Å². The van der Waals surface area contributed by atoms with Gasteiger partial charge in [0, 0.05) is 26.3 Å². The van der Waals surface area contributed by atoms with Crippen molar-refractivity contribution in [3.05, 3.63) is 85.8 Å². The first kappa shape index (κ1) is 18.8. The van der Waals surface area contributed by atoms with E-state index in [2.05, 4.69) is 21.2 Å². The number of anilines is 3. The summed E-state index contributed by atoms with van der Waals surface area (Å²) >= 11 is 15.9. The Bertz CT molecular complexity index is 1010. The Hall–Kier alpha value is -2.01. The molecular formula is C20H15BrCl2N2O. The quantitative estimate of drug-likeness (QED) is 0.347. The summed E-state index contributed by atoms with van der Waals surface area (Å²) < 4.78 is 0.899. The van der Waals surface area contributed by atoms with E-state index in [0.717, 1.165) is 21.4 Å². The highest BCUT2D eigenvalue weighted by Gasteiger charge is 2.16. The van der Waals surface area contributed by atoms with Crippen molar-refractivity contribution < 1.29 is 4.79 Å². The number of rotatable bonds is 4. The van der Waals surface area contributed by atoms with E-state index >= 15 is 0 Å². The molecule has 3 nitrogen and oxygen atoms in total. The van der Waals surface area contributed by atoms with Crippen LogP contribution in [0.4, 0.5) is 17.1 Å². The van der Waals surface area contributed by atoms with Gasteiger partial charge in [0.2, 0.25) is 0 Å². The van der Waals surface area contributed by atoms with Gasteiger partial charge in [0.05, 0.1) is 16.4 Å². The van der Waals surface area contributed by atoms with Gasteiger partial charge in [-0.3, -0.25) is 4.79 Å². The van der Waals surface area contributed by atoms with Crippen LogP contribution in [0, 0.1) is 6.92 Å². The van der Waals surface area contributed by atoms with Gasteiger partial charge in [-0.1, -0.05) is 51.3 Å². The average Bonchev–Trinajstić information content (AvgIpc) is 2.59. The average molecular weight is 450 g/mol. The minimum absolute atomic E-state index is 0.162. The van der Waals surface area contributed by atoms with Crippen molar-refractivity contribution in [2.45, 2.75) is 6.92 Å². The molecule has 0 heterocycles. The van der Waals surface area contributed by atoms with Crippen molar-refractivity contribution >= 4 is 62.0 Å². The van der Waals surface area contributed by atoms with Gasteiger partial charge in [0.15, 0.2) is 5.78 Å². The normalized spacial score (nSPS) is 10.6. The van der Waals surface area contributed by atoms with Gasteiger partial charge in [0.1, 0.15) is 0 Å². The lowest BCUT2D eigenvalue weighted by Crippen LogP contribution is -2.05. The van der Waals surface area contributed by atoms with Gasteiger partial charge in [0.25, 0.3) is 0 Å². The molecule has 0 saturated heterocycles. The fourth-order valence-corrected chi connectivity index (χ4v) is 3.40. The Morgan fingerprint density at radius 3 is 2.46 bits per heavy atom. The molecule has 0 amide bonds. The van der Waals surface area contributed by atoms with Gasteiger partial charge >= 0.3 is 0 Å². The van der Waals surface area contributed by atoms with Gasteiger partial charge < -0.3 is 11.1 Å². The number of hydrogen-bond donors (Lipinski definition) is 2. The predicted octanol–water partition coefficient (Wildman–Crippen LogP) is 6.62. The molecule has 0 aliphatic carbocycles. The number of carbonyl (C=O) groups excluding carboxylic acids is 1. The zero-order valence-corrected chi connectivity index (χ0v) is 16.9. The van der Waals surface area contributed by atoms with E-state index in [-0.39, 0.29) is 5.78 Å². The first-order valence-electron chi connectivity index (χ1n) is 7.78. The number of nitrogen functional groups attached to an aromatic ring is 1. The molecule has 0 aliphatic rings. The molecule has 132 valence electrons. The maximum absolute atomic E-state index is 12.8. The zero-order chi connectivity index (χ0) is 18.8. The lowest BCUT2D eigenvalue weighted by molar-refractivity contribution is 0.103. The largest absolute Gasteiger partial charge is 0.397 e. The van der Waals surface area contributed by atoms with Crippen LogP contribution in [0.5, 0.6) is 0 Å². The number of halogens is 3. The van der Waals surface area contributed by atoms with Crippen LogP contribution in [0.3, 0.4) is 0 Å². The summed E-state index contributed by atoms with van der Waals surface area (Å²) in [4.78, 5) is 12.8. The Morgan fingerprint density at radius 2 is 1.77 bits per heavy atom. The fourth-order valence-electron chi connectivity index (χ4n) is 2.58. The fraction of sp³-hybridized carbons (Fsp3) is 0.0500. The lowest BCUT2D eigenvalue weighted by atomic mass is 9.99. The molecule has 26 heavy (non-hydrogen) atoms. The summed E-state index contributed by atoms with van der Waals surface area (Å²) in [6, 6.07) is 16.0. The molecule has 0 radical (unpaired) electrons. The van der Waals surface area contributed by atoms with E-state index in [1.54, 1.807) is 36.4 Å². The molecular weight excluding hydrogens is 435 g/mol. The summed E-state index contributed by atoms with van der Waals surface area (Å²) in [5.41, 5.74) is 9.80. The highest BCUT2D eigenvalue weighted by Crippen LogP contribution is 2.30. The van der Waals surface area contributed by atoms with Crippen LogP contribution in [-0.4, -0.2) is 5.78 Å². The van der Waals surface area contributed by atoms with Crippen molar-refractivity contribution in [2.24, 2.45) is 0 Å². The maximum atomic E-state index is 12.8. The van der Waals surface area contributed by atoms with Crippen LogP contribution in [0.15, 0.2) is 59.1 Å². The molecule has 0 atom stereocenters. The third kappa shape index (κ3) is 3.88. The standard InChI is InChI=1S/C20H15BrCl2N2O/c1-11-14(3-2-4-16(11)22)20(26)15-7-6-13(10-17(15)23)25-19-8-5-12(21)9-18(19)24/h2-10,25H,24H2,1H3. The number of nitrogens with one attached hydrogen (secondary N) is 1. The molecule has 6 heteroatoms. The molecule has 3 N–H and O–H groups in total. The Balaban J connectivity index is 1.90. The predicted molar refractivity (Wildman–Crippen MR) is 113 cm³/mol. The molecule has 3 aromatic carbocycles. The Morgan fingerprint density at radius 1 is 1.00 bits per heavy atom. The van der Waals surface area contributed by atoms with E-state index in [1.165, 1.54) is 0 Å². The van der Waals surface area contributed by atoms with Crippen molar-refractivity contribution in [1.82, 2.24) is 0 Å². The second-order valence-corrected chi connectivity index (χ2v) is 7.52. The van der Waals surface area contributed by atoms with Crippen molar-refractivity contribution in [1.29, 1.82) is 0 Å². The number of hydrogen-bond acceptors (Lipinski definition) is 3. The van der Waals surface area contributed by atoms with E-state index in [0.29, 0.717) is 26.9 Å². The first-order valence-corrected chi connectivity index (χ1v) is 9.33. The van der Waals surface area contributed by atoms with Gasteiger partial charge in [-0.25, -0.2) is 0 Å². The smallest absolute Gasteiger partial charge is 0.194 e. The van der Waals surface area contributed by atoms with Crippen LogP contribution >= 0.6 is 39.1 Å². The third-order valence-corrected chi connectivity index (χ3v) is 5.23. The van der Waals surface area contributed by atoms with Crippen LogP contribution in [-0.2, 0) is 0 Å². The molecule has 0 bridgehead atoms.